The maximum Gasteiger partial charge on any atom is 0.433 e. The Hall–Kier alpha value is -2.91. The fraction of sp³-hybridized carbons (Fsp3) is 0.300. The van der Waals surface area contributed by atoms with E-state index in [1.54, 1.807) is 6.92 Å². The van der Waals surface area contributed by atoms with E-state index in [-0.39, 0.29) is 18.9 Å². The predicted octanol–water partition coefficient (Wildman–Crippen LogP) is 0.384. The third-order valence-corrected chi connectivity index (χ3v) is 1.84. The molecular formula is C10H12N4O6. The molecule has 0 atom stereocenters. The number of nitrogens with one attached hydrogen (secondary N) is 2. The molecule has 0 spiro atoms. The average molecular weight is 284 g/mol. The Balaban J connectivity index is 2.34. The van der Waals surface area contributed by atoms with Gasteiger partial charge in [0, 0.05) is 0 Å². The first-order valence-electron chi connectivity index (χ1n) is 5.49. The van der Waals surface area contributed by atoms with Crippen LogP contribution in [0.3, 0.4) is 0 Å². The van der Waals surface area contributed by atoms with E-state index in [1.165, 1.54) is 6.07 Å². The minimum Gasteiger partial charge on any atom is -0.450 e. The molecule has 1 aromatic rings. The highest BCUT2D eigenvalue weighted by Crippen LogP contribution is 2.13. The summed E-state index contributed by atoms with van der Waals surface area (Å²) < 4.78 is 9.31. The number of hydrazone groups is 1. The maximum atomic E-state index is 11.2. The molecule has 2 N–H and O–H groups in total. The summed E-state index contributed by atoms with van der Waals surface area (Å²) in [7, 11) is 0. The molecule has 0 saturated carbocycles. The Morgan fingerprint density at radius 3 is 2.90 bits per heavy atom. The van der Waals surface area contributed by atoms with E-state index in [0.29, 0.717) is 0 Å². The van der Waals surface area contributed by atoms with Crippen molar-refractivity contribution in [3.8, 4) is 0 Å². The van der Waals surface area contributed by atoms with Crippen LogP contribution in [-0.4, -0.2) is 36.3 Å². The second kappa shape index (κ2) is 7.51. The Morgan fingerprint density at radius 2 is 2.30 bits per heavy atom. The van der Waals surface area contributed by atoms with Gasteiger partial charge in [0.05, 0.1) is 18.9 Å². The van der Waals surface area contributed by atoms with Gasteiger partial charge >= 0.3 is 12.0 Å². The van der Waals surface area contributed by atoms with Gasteiger partial charge in [0.1, 0.15) is 11.5 Å². The number of hydrogen-bond acceptors (Lipinski definition) is 7. The molecule has 108 valence electrons. The lowest BCUT2D eigenvalue weighted by Crippen LogP contribution is -2.35. The number of nitro groups is 1. The lowest BCUT2D eigenvalue weighted by molar-refractivity contribution is -0.402. The molecule has 1 rings (SSSR count). The highest BCUT2D eigenvalue weighted by atomic mass is 16.6. The van der Waals surface area contributed by atoms with Crippen molar-refractivity contribution in [2.24, 2.45) is 5.10 Å². The maximum absolute atomic E-state index is 11.2. The number of furan rings is 1. The Kier molecular flexibility index (Phi) is 5.69. The van der Waals surface area contributed by atoms with Crippen molar-refractivity contribution in [1.82, 2.24) is 10.7 Å². The molecule has 10 heteroatoms. The predicted molar refractivity (Wildman–Crippen MR) is 66.1 cm³/mol. The van der Waals surface area contributed by atoms with Crippen molar-refractivity contribution < 1.29 is 23.7 Å². The number of carbonyl (C=O) groups excluding carboxylic acids is 2. The van der Waals surface area contributed by atoms with Gasteiger partial charge in [-0.25, -0.2) is 10.2 Å². The van der Waals surface area contributed by atoms with Gasteiger partial charge in [0.15, 0.2) is 5.76 Å². The number of carbonyl (C=O) groups is 2. The van der Waals surface area contributed by atoms with Crippen molar-refractivity contribution in [3.05, 3.63) is 28.0 Å². The van der Waals surface area contributed by atoms with Crippen molar-refractivity contribution in [1.29, 1.82) is 0 Å². The van der Waals surface area contributed by atoms with E-state index < -0.39 is 22.8 Å². The number of alkyl carbamates (subject to hydrolysis) is 1. The molecule has 1 aromatic heterocycles. The zero-order valence-electron chi connectivity index (χ0n) is 10.5. The molecule has 0 aliphatic rings. The molecule has 2 amide bonds. The van der Waals surface area contributed by atoms with Gasteiger partial charge in [-0.2, -0.15) is 5.10 Å². The molecular weight excluding hydrogens is 272 g/mol. The molecule has 0 fully saturated rings. The van der Waals surface area contributed by atoms with E-state index >= 15 is 0 Å². The second-order valence-corrected chi connectivity index (χ2v) is 3.30. The van der Waals surface area contributed by atoms with Crippen LogP contribution < -0.4 is 10.7 Å². The summed E-state index contributed by atoms with van der Waals surface area (Å²) in [4.78, 5) is 31.7. The average Bonchev–Trinajstić information content (AvgIpc) is 2.86. The summed E-state index contributed by atoms with van der Waals surface area (Å²) in [6, 6.07) is 2.48. The van der Waals surface area contributed by atoms with Crippen LogP contribution in [0.4, 0.5) is 10.7 Å². The highest BCUT2D eigenvalue weighted by Gasteiger charge is 2.10. The summed E-state index contributed by atoms with van der Waals surface area (Å²) in [5.74, 6) is -0.910. The van der Waals surface area contributed by atoms with Crippen molar-refractivity contribution in [2.75, 3.05) is 13.2 Å². The first-order valence-corrected chi connectivity index (χ1v) is 5.49. The summed E-state index contributed by atoms with van der Waals surface area (Å²) in [6.45, 7) is 1.52. The van der Waals surface area contributed by atoms with Gasteiger partial charge in [-0.15, -0.1) is 0 Å². The molecule has 0 aliphatic heterocycles. The zero-order valence-corrected chi connectivity index (χ0v) is 10.5. The lowest BCUT2D eigenvalue weighted by atomic mass is 10.5. The van der Waals surface area contributed by atoms with Crippen LogP contribution in [0.25, 0.3) is 0 Å². The van der Waals surface area contributed by atoms with Crippen LogP contribution in [-0.2, 0) is 9.53 Å². The third-order valence-electron chi connectivity index (χ3n) is 1.84. The first-order chi connectivity index (χ1) is 9.52. The molecule has 0 saturated heterocycles. The number of ether oxygens (including phenoxy) is 1. The van der Waals surface area contributed by atoms with Gasteiger partial charge < -0.3 is 14.5 Å². The Morgan fingerprint density at radius 1 is 1.55 bits per heavy atom. The SMILES string of the molecule is CCOC(=O)NCC(=O)NN=Cc1ccc([N+](=O)[O-])o1. The van der Waals surface area contributed by atoms with Crippen LogP contribution >= 0.6 is 0 Å². The van der Waals surface area contributed by atoms with Crippen molar-refractivity contribution in [3.63, 3.8) is 0 Å². The number of rotatable bonds is 6. The summed E-state index contributed by atoms with van der Waals surface area (Å²) in [6.07, 6.45) is 0.378. The van der Waals surface area contributed by atoms with Crippen LogP contribution in [0.15, 0.2) is 21.7 Å². The molecule has 1 heterocycles. The third kappa shape index (κ3) is 5.16. The molecule has 0 radical (unpaired) electrons. The molecule has 0 aliphatic carbocycles. The zero-order chi connectivity index (χ0) is 15.0. The monoisotopic (exact) mass is 284 g/mol. The largest absolute Gasteiger partial charge is 0.450 e. The number of hydrogen-bond donors (Lipinski definition) is 2. The molecule has 20 heavy (non-hydrogen) atoms. The second-order valence-electron chi connectivity index (χ2n) is 3.30. The summed E-state index contributed by atoms with van der Waals surface area (Å²) in [5.41, 5.74) is 2.10. The van der Waals surface area contributed by atoms with Gasteiger partial charge in [0.25, 0.3) is 5.91 Å². The van der Waals surface area contributed by atoms with E-state index in [2.05, 4.69) is 20.6 Å². The Bertz CT molecular complexity index is 524. The highest BCUT2D eigenvalue weighted by molar-refractivity contribution is 5.83. The van der Waals surface area contributed by atoms with Gasteiger partial charge in [-0.1, -0.05) is 0 Å². The van der Waals surface area contributed by atoms with Crippen LogP contribution in [0.2, 0.25) is 0 Å². The van der Waals surface area contributed by atoms with Crippen molar-refractivity contribution in [2.45, 2.75) is 6.92 Å². The molecule has 0 aromatic carbocycles. The summed E-state index contributed by atoms with van der Waals surface area (Å²) in [5, 5.41) is 16.0. The fourth-order valence-corrected chi connectivity index (χ4v) is 1.05. The minimum absolute atomic E-state index is 0.107. The van der Waals surface area contributed by atoms with E-state index in [1.807, 2.05) is 0 Å². The molecule has 0 unspecified atom stereocenters. The van der Waals surface area contributed by atoms with E-state index in [9.17, 15) is 19.7 Å². The van der Waals surface area contributed by atoms with Crippen molar-refractivity contribution >= 4 is 24.1 Å². The van der Waals surface area contributed by atoms with Crippen LogP contribution in [0, 0.1) is 10.1 Å². The number of amides is 2. The first kappa shape index (κ1) is 15.1. The topological polar surface area (TPSA) is 136 Å². The van der Waals surface area contributed by atoms with Gasteiger partial charge in [-0.05, 0) is 13.0 Å². The molecule has 10 nitrogen and oxygen atoms in total. The molecule has 0 bridgehead atoms. The van der Waals surface area contributed by atoms with Crippen LogP contribution in [0.5, 0.6) is 0 Å². The Labute approximate surface area is 112 Å². The van der Waals surface area contributed by atoms with Gasteiger partial charge in [0.2, 0.25) is 0 Å². The standard InChI is InChI=1S/C10H12N4O6/c1-2-19-10(16)11-6-8(15)13-12-5-7-3-4-9(20-7)14(17)18/h3-5H,2,6H2,1H3,(H,11,16)(H,13,15). The van der Waals surface area contributed by atoms with E-state index in [0.717, 1.165) is 12.3 Å². The summed E-state index contributed by atoms with van der Waals surface area (Å²) >= 11 is 0. The lowest BCUT2D eigenvalue weighted by Gasteiger charge is -2.03. The quantitative estimate of drug-likeness (QED) is 0.440. The van der Waals surface area contributed by atoms with Gasteiger partial charge in [-0.3, -0.25) is 14.9 Å². The number of nitrogens with zero attached hydrogens (tertiary/aromatic N) is 2. The van der Waals surface area contributed by atoms with E-state index in [4.69, 9.17) is 4.42 Å². The van der Waals surface area contributed by atoms with Crippen LogP contribution in [0.1, 0.15) is 12.7 Å². The smallest absolute Gasteiger partial charge is 0.433 e. The fourth-order valence-electron chi connectivity index (χ4n) is 1.05. The normalized spacial score (nSPS) is 10.2. The minimum atomic E-state index is -0.715.